The molecule has 0 fully saturated rings. The summed E-state index contributed by atoms with van der Waals surface area (Å²) in [6.45, 7) is 4.57. The number of carboxylic acids is 1. The van der Waals surface area contributed by atoms with Gasteiger partial charge in [-0.2, -0.15) is 0 Å². The fraction of sp³-hybridized carbons (Fsp3) is 0.333. The number of nitrogen functional groups attached to an aromatic ring is 1. The van der Waals surface area contributed by atoms with E-state index in [0.717, 1.165) is 0 Å². The summed E-state index contributed by atoms with van der Waals surface area (Å²) < 4.78 is 2.69. The Labute approximate surface area is 154 Å². The van der Waals surface area contributed by atoms with Gasteiger partial charge in [-0.15, -0.1) is 0 Å². The first-order valence-electron chi connectivity index (χ1n) is 8.75. The molecule has 0 radical (unpaired) electrons. The lowest BCUT2D eigenvalue weighted by Gasteiger charge is -2.09. The molecule has 0 aliphatic heterocycles. The van der Waals surface area contributed by atoms with Gasteiger partial charge in [-0.25, -0.2) is 14.6 Å². The third-order valence-electron chi connectivity index (χ3n) is 4.31. The Kier molecular flexibility index (Phi) is 4.85. The number of aromatic nitrogens is 4. The molecule has 4 N–H and O–H groups in total. The Morgan fingerprint density at radius 2 is 1.85 bits per heavy atom. The molecule has 27 heavy (non-hydrogen) atoms. The molecule has 0 aliphatic carbocycles. The van der Waals surface area contributed by atoms with Crippen molar-refractivity contribution in [3.63, 3.8) is 0 Å². The van der Waals surface area contributed by atoms with Crippen molar-refractivity contribution in [2.45, 2.75) is 39.8 Å². The number of hydrogen-bond acceptors (Lipinski definition) is 5. The van der Waals surface area contributed by atoms with Gasteiger partial charge in [0.1, 0.15) is 11.3 Å². The summed E-state index contributed by atoms with van der Waals surface area (Å²) in [6, 6.07) is 4.28. The number of H-pyrrole nitrogens is 1. The van der Waals surface area contributed by atoms with Gasteiger partial charge in [0.15, 0.2) is 5.65 Å². The van der Waals surface area contributed by atoms with Crippen molar-refractivity contribution in [3.05, 3.63) is 44.6 Å². The van der Waals surface area contributed by atoms with E-state index in [2.05, 4.69) is 9.97 Å². The molecule has 0 saturated carbocycles. The van der Waals surface area contributed by atoms with Crippen LogP contribution in [-0.2, 0) is 13.1 Å². The fourth-order valence-electron chi connectivity index (χ4n) is 3.05. The molecule has 0 unspecified atom stereocenters. The van der Waals surface area contributed by atoms with E-state index in [1.807, 2.05) is 13.8 Å². The largest absolute Gasteiger partial charge is 0.478 e. The number of fused-ring (bicyclic) bond motifs is 1. The monoisotopic (exact) mass is 371 g/mol. The maximum absolute atomic E-state index is 12.7. The van der Waals surface area contributed by atoms with E-state index in [1.165, 1.54) is 27.3 Å². The Morgan fingerprint density at radius 3 is 2.44 bits per heavy atom. The van der Waals surface area contributed by atoms with Crippen molar-refractivity contribution in [3.8, 4) is 11.4 Å². The van der Waals surface area contributed by atoms with Crippen LogP contribution in [-0.4, -0.2) is 30.2 Å². The molecular weight excluding hydrogens is 350 g/mol. The standard InChI is InChI=1S/C18H21N5O4/c1-3-7-22-15-13(16(24)23(8-4-2)18(22)27)20-14(21-15)11-6-5-10(17(25)26)9-12(11)19/h5-6,9H,3-4,7-8,19H2,1-2H3,(H,20,21)(H,25,26). The lowest BCUT2D eigenvalue weighted by Crippen LogP contribution is -2.40. The second-order valence-corrected chi connectivity index (χ2v) is 6.28. The van der Waals surface area contributed by atoms with Crippen LogP contribution in [0.15, 0.2) is 27.8 Å². The Balaban J connectivity index is 2.27. The molecule has 0 bridgehead atoms. The smallest absolute Gasteiger partial charge is 0.335 e. The summed E-state index contributed by atoms with van der Waals surface area (Å²) in [4.78, 5) is 43.9. The van der Waals surface area contributed by atoms with Crippen LogP contribution in [0.2, 0.25) is 0 Å². The summed E-state index contributed by atoms with van der Waals surface area (Å²) in [7, 11) is 0. The number of aryl methyl sites for hydroxylation is 1. The maximum atomic E-state index is 12.7. The van der Waals surface area contributed by atoms with Crippen molar-refractivity contribution in [1.82, 2.24) is 19.1 Å². The van der Waals surface area contributed by atoms with E-state index in [1.54, 1.807) is 0 Å². The highest BCUT2D eigenvalue weighted by atomic mass is 16.4. The highest BCUT2D eigenvalue weighted by molar-refractivity contribution is 5.91. The minimum Gasteiger partial charge on any atom is -0.478 e. The zero-order valence-electron chi connectivity index (χ0n) is 15.2. The van der Waals surface area contributed by atoms with Crippen molar-refractivity contribution >= 4 is 22.8 Å². The van der Waals surface area contributed by atoms with Gasteiger partial charge in [0.2, 0.25) is 0 Å². The molecule has 0 amide bonds. The summed E-state index contributed by atoms with van der Waals surface area (Å²) in [6.07, 6.45) is 1.36. The minimum atomic E-state index is -1.09. The molecular formula is C18H21N5O4. The van der Waals surface area contributed by atoms with Gasteiger partial charge < -0.3 is 15.8 Å². The molecule has 3 aromatic rings. The second kappa shape index (κ2) is 7.10. The van der Waals surface area contributed by atoms with Crippen molar-refractivity contribution in [2.24, 2.45) is 0 Å². The van der Waals surface area contributed by atoms with E-state index in [4.69, 9.17) is 10.8 Å². The highest BCUT2D eigenvalue weighted by Gasteiger charge is 2.18. The number of carbonyl (C=O) groups is 1. The SMILES string of the molecule is CCCn1c(=O)c2[nH]c(-c3ccc(C(=O)O)cc3N)nc2n(CCC)c1=O. The summed E-state index contributed by atoms with van der Waals surface area (Å²) in [5.41, 5.74) is 6.41. The fourth-order valence-corrected chi connectivity index (χ4v) is 3.05. The number of rotatable bonds is 6. The molecule has 3 rings (SSSR count). The van der Waals surface area contributed by atoms with Crippen molar-refractivity contribution < 1.29 is 9.90 Å². The van der Waals surface area contributed by atoms with Crippen LogP contribution in [0, 0.1) is 0 Å². The number of carboxylic acid groups (broad SMARTS) is 1. The van der Waals surface area contributed by atoms with Gasteiger partial charge in [-0.1, -0.05) is 13.8 Å². The van der Waals surface area contributed by atoms with Gasteiger partial charge in [-0.05, 0) is 31.0 Å². The van der Waals surface area contributed by atoms with E-state index in [0.29, 0.717) is 37.3 Å². The quantitative estimate of drug-likeness (QED) is 0.564. The zero-order valence-corrected chi connectivity index (χ0v) is 15.2. The molecule has 9 nitrogen and oxygen atoms in total. The molecule has 9 heteroatoms. The first-order chi connectivity index (χ1) is 12.9. The Hall–Kier alpha value is -3.36. The Morgan fingerprint density at radius 1 is 1.19 bits per heavy atom. The molecule has 142 valence electrons. The number of benzene rings is 1. The average Bonchev–Trinajstić information content (AvgIpc) is 3.07. The topological polar surface area (TPSA) is 136 Å². The van der Waals surface area contributed by atoms with Crippen LogP contribution in [0.3, 0.4) is 0 Å². The number of nitrogens with two attached hydrogens (primary N) is 1. The second-order valence-electron chi connectivity index (χ2n) is 6.28. The first-order valence-corrected chi connectivity index (χ1v) is 8.75. The van der Waals surface area contributed by atoms with Crippen LogP contribution in [0.25, 0.3) is 22.6 Å². The molecule has 0 spiro atoms. The minimum absolute atomic E-state index is 0.0561. The lowest BCUT2D eigenvalue weighted by atomic mass is 10.1. The van der Waals surface area contributed by atoms with Crippen molar-refractivity contribution in [2.75, 3.05) is 5.73 Å². The molecule has 0 aliphatic rings. The molecule has 0 saturated heterocycles. The number of nitrogens with one attached hydrogen (secondary N) is 1. The number of nitrogens with zero attached hydrogens (tertiary/aromatic N) is 3. The number of imidazole rings is 1. The average molecular weight is 371 g/mol. The van der Waals surface area contributed by atoms with Crippen LogP contribution in [0.4, 0.5) is 5.69 Å². The molecule has 2 aromatic heterocycles. The van der Waals surface area contributed by atoms with Crippen LogP contribution < -0.4 is 17.0 Å². The Bertz CT molecular complexity index is 1140. The lowest BCUT2D eigenvalue weighted by molar-refractivity contribution is 0.0697. The van der Waals surface area contributed by atoms with Gasteiger partial charge in [-0.3, -0.25) is 13.9 Å². The molecule has 1 aromatic carbocycles. The number of aromatic carboxylic acids is 1. The third kappa shape index (κ3) is 3.12. The number of aromatic amines is 1. The van der Waals surface area contributed by atoms with E-state index >= 15 is 0 Å². The van der Waals surface area contributed by atoms with Gasteiger partial charge in [0.05, 0.1) is 5.56 Å². The number of hydrogen-bond donors (Lipinski definition) is 3. The molecule has 2 heterocycles. The summed E-state index contributed by atoms with van der Waals surface area (Å²) in [5.74, 6) is -0.771. The normalized spacial score (nSPS) is 11.2. The maximum Gasteiger partial charge on any atom is 0.335 e. The first kappa shape index (κ1) is 18.4. The van der Waals surface area contributed by atoms with Crippen molar-refractivity contribution in [1.29, 1.82) is 0 Å². The predicted octanol–water partition coefficient (Wildman–Crippen LogP) is 1.65. The third-order valence-corrected chi connectivity index (χ3v) is 4.31. The van der Waals surface area contributed by atoms with E-state index in [-0.39, 0.29) is 28.1 Å². The van der Waals surface area contributed by atoms with Crippen LogP contribution in [0.5, 0.6) is 0 Å². The van der Waals surface area contributed by atoms with E-state index in [9.17, 15) is 14.4 Å². The molecule has 0 atom stereocenters. The summed E-state index contributed by atoms with van der Waals surface area (Å²) in [5, 5.41) is 9.07. The van der Waals surface area contributed by atoms with E-state index < -0.39 is 11.5 Å². The highest BCUT2D eigenvalue weighted by Crippen LogP contribution is 2.25. The van der Waals surface area contributed by atoms with Gasteiger partial charge in [0.25, 0.3) is 5.56 Å². The van der Waals surface area contributed by atoms with Gasteiger partial charge >= 0.3 is 11.7 Å². The van der Waals surface area contributed by atoms with Crippen LogP contribution in [0.1, 0.15) is 37.0 Å². The predicted molar refractivity (Wildman–Crippen MR) is 102 cm³/mol. The zero-order chi connectivity index (χ0) is 19.7. The summed E-state index contributed by atoms with van der Waals surface area (Å²) >= 11 is 0. The van der Waals surface area contributed by atoms with Crippen LogP contribution >= 0.6 is 0 Å². The van der Waals surface area contributed by atoms with Gasteiger partial charge in [0, 0.05) is 24.3 Å². The number of anilines is 1.